The minimum atomic E-state index is -4.14. The molecule has 11 nitrogen and oxygen atoms in total. The van der Waals surface area contributed by atoms with E-state index >= 15 is 0 Å². The zero-order valence-corrected chi connectivity index (χ0v) is 26.7. The van der Waals surface area contributed by atoms with Gasteiger partial charge in [-0.05, 0) is 59.7 Å². The highest BCUT2D eigenvalue weighted by molar-refractivity contribution is 7.90. The topological polar surface area (TPSA) is 153 Å². The van der Waals surface area contributed by atoms with Crippen LogP contribution in [0, 0.1) is 10.8 Å². The number of rotatable bonds is 10. The smallest absolute Gasteiger partial charge is 0.321 e. The lowest BCUT2D eigenvalue weighted by atomic mass is 10.0. The molecule has 0 bridgehead atoms. The Hall–Kier alpha value is -3.58. The summed E-state index contributed by atoms with van der Waals surface area (Å²) in [4.78, 5) is 13.9. The molecule has 1 aliphatic rings. The van der Waals surface area contributed by atoms with Crippen LogP contribution in [0.15, 0.2) is 60.7 Å². The summed E-state index contributed by atoms with van der Waals surface area (Å²) in [6.45, 7) is 2.86. The lowest BCUT2D eigenvalue weighted by molar-refractivity contribution is -0.140. The number of halogens is 2. The van der Waals surface area contributed by atoms with Crippen molar-refractivity contribution in [2.24, 2.45) is 5.73 Å². The average molecular weight is 654 g/mol. The maximum Gasteiger partial charge on any atom is 0.321 e. The zero-order chi connectivity index (χ0) is 29.7. The van der Waals surface area contributed by atoms with Gasteiger partial charge in [0.15, 0.2) is 0 Å². The molecule has 1 fully saturated rings. The third-order valence-corrected chi connectivity index (χ3v) is 8.95. The Bertz CT molecular complexity index is 1550. The number of fused-ring (bicyclic) bond motifs is 1. The number of nitrogens with zero attached hydrogens (tertiary/aromatic N) is 3. The van der Waals surface area contributed by atoms with Crippen LogP contribution in [-0.2, 0) is 26.3 Å². The summed E-state index contributed by atoms with van der Waals surface area (Å²) in [7, 11) is -1.60. The molecule has 0 saturated carbocycles. The van der Waals surface area contributed by atoms with E-state index < -0.39 is 22.7 Å². The Balaban J connectivity index is 0.00000323. The van der Waals surface area contributed by atoms with Gasteiger partial charge < -0.3 is 20.1 Å². The van der Waals surface area contributed by atoms with Crippen LogP contribution in [0.2, 0.25) is 0 Å². The maximum atomic E-state index is 13.7. The number of nitrogen functional groups attached to an aromatic ring is 1. The number of nitrogens with one attached hydrogen (secondary N) is 2. The first-order valence-electron chi connectivity index (χ1n) is 13.2. The van der Waals surface area contributed by atoms with E-state index in [1.807, 2.05) is 29.2 Å². The second-order valence-corrected chi connectivity index (χ2v) is 12.0. The van der Waals surface area contributed by atoms with E-state index in [4.69, 9.17) is 21.3 Å². The number of amidine groups is 2. The van der Waals surface area contributed by atoms with Gasteiger partial charge in [-0.15, -0.1) is 24.8 Å². The SMILES string of the molecule is COC(=O)CN(C)S(=O)(=O)N(Cc1ccc2ccc(C(=N)N)cc2c1)c1ccc(OC2CCN(C(C)=N)CC2)cc1.Cl.Cl. The van der Waals surface area contributed by atoms with Crippen LogP contribution < -0.4 is 14.8 Å². The third kappa shape index (κ3) is 8.73. The summed E-state index contributed by atoms with van der Waals surface area (Å²) >= 11 is 0. The standard InChI is InChI=1S/C29H36N6O5S.2ClH/c1-20(30)34-14-12-27(13-15-34)40-26-10-8-25(9-11-26)35(41(37,38)33(2)19-28(36)39-3)18-21-4-5-22-6-7-23(29(31)32)17-24(22)16-21;;/h4-11,16-17,27,30H,12-15,18-19H2,1-3H3,(H3,31,32);2*1H. The molecule has 3 aromatic rings. The summed E-state index contributed by atoms with van der Waals surface area (Å²) in [5, 5.41) is 17.3. The number of esters is 1. The van der Waals surface area contributed by atoms with Crippen molar-refractivity contribution in [3.8, 4) is 5.75 Å². The van der Waals surface area contributed by atoms with Gasteiger partial charge in [0.2, 0.25) is 0 Å². The summed E-state index contributed by atoms with van der Waals surface area (Å²) < 4.78 is 40.5. The first-order chi connectivity index (χ1) is 19.5. The van der Waals surface area contributed by atoms with Crippen molar-refractivity contribution < 1.29 is 22.7 Å². The quantitative estimate of drug-likeness (QED) is 0.169. The molecule has 4 N–H and O–H groups in total. The van der Waals surface area contributed by atoms with E-state index in [0.29, 0.717) is 28.4 Å². The number of nitrogens with two attached hydrogens (primary N) is 1. The van der Waals surface area contributed by atoms with Crippen LogP contribution in [0.4, 0.5) is 5.69 Å². The van der Waals surface area contributed by atoms with Crippen LogP contribution in [-0.4, -0.2) is 75.2 Å². The number of carbonyl (C=O) groups excluding carboxylic acids is 1. The summed E-state index contributed by atoms with van der Waals surface area (Å²) in [5.74, 6) is 0.452. The van der Waals surface area contributed by atoms with E-state index in [-0.39, 0.29) is 43.3 Å². The Morgan fingerprint density at radius 2 is 1.63 bits per heavy atom. The predicted octanol–water partition coefficient (Wildman–Crippen LogP) is 4.16. The number of carbonyl (C=O) groups is 1. The molecule has 0 amide bonds. The molecule has 3 aromatic carbocycles. The highest BCUT2D eigenvalue weighted by Crippen LogP contribution is 2.28. The lowest BCUT2D eigenvalue weighted by Gasteiger charge is -2.33. The largest absolute Gasteiger partial charge is 0.490 e. The summed E-state index contributed by atoms with van der Waals surface area (Å²) in [6.07, 6.45) is 1.61. The fraction of sp³-hybridized carbons (Fsp3) is 0.345. The molecule has 1 aliphatic heterocycles. The van der Waals surface area contributed by atoms with Crippen LogP contribution >= 0.6 is 24.8 Å². The molecule has 0 unspecified atom stereocenters. The maximum absolute atomic E-state index is 13.7. The van der Waals surface area contributed by atoms with Gasteiger partial charge in [-0.2, -0.15) is 12.7 Å². The minimum absolute atomic E-state index is 0. The number of hydrogen-bond acceptors (Lipinski definition) is 7. The van der Waals surface area contributed by atoms with Gasteiger partial charge in [-0.1, -0.05) is 24.3 Å². The molecule has 0 aromatic heterocycles. The second kappa shape index (κ2) is 15.2. The van der Waals surface area contributed by atoms with Gasteiger partial charge in [0.05, 0.1) is 25.2 Å². The van der Waals surface area contributed by atoms with Crippen LogP contribution in [0.3, 0.4) is 0 Å². The summed E-state index contributed by atoms with van der Waals surface area (Å²) in [5.41, 5.74) is 7.35. The molecule has 0 aliphatic carbocycles. The first kappa shape index (κ1) is 35.6. The number of ether oxygens (including phenoxy) is 2. The number of benzene rings is 3. The molecule has 0 atom stereocenters. The fourth-order valence-corrected chi connectivity index (χ4v) is 6.03. The Morgan fingerprint density at radius 1 is 1.00 bits per heavy atom. The lowest BCUT2D eigenvalue weighted by Crippen LogP contribution is -2.44. The predicted molar refractivity (Wildman–Crippen MR) is 174 cm³/mol. The number of methoxy groups -OCH3 is 1. The van der Waals surface area contributed by atoms with E-state index in [0.717, 1.165) is 41.0 Å². The van der Waals surface area contributed by atoms with Crippen molar-refractivity contribution in [1.82, 2.24) is 9.21 Å². The van der Waals surface area contributed by atoms with Gasteiger partial charge in [0, 0.05) is 38.5 Å². The van der Waals surface area contributed by atoms with Crippen molar-refractivity contribution in [3.05, 3.63) is 71.8 Å². The van der Waals surface area contributed by atoms with Crippen LogP contribution in [0.1, 0.15) is 30.9 Å². The number of piperidine rings is 1. The van der Waals surface area contributed by atoms with Crippen molar-refractivity contribution in [1.29, 1.82) is 10.8 Å². The molecule has 4 rings (SSSR count). The van der Waals surface area contributed by atoms with E-state index in [9.17, 15) is 13.2 Å². The fourth-order valence-electron chi connectivity index (χ4n) is 4.72. The molecular weight excluding hydrogens is 615 g/mol. The van der Waals surface area contributed by atoms with Gasteiger partial charge in [-0.25, -0.2) is 0 Å². The van der Waals surface area contributed by atoms with Gasteiger partial charge >= 0.3 is 16.2 Å². The Kier molecular flexibility index (Phi) is 12.6. The first-order valence-corrected chi connectivity index (χ1v) is 14.6. The molecular formula is C29H38Cl2N6O5S. The third-order valence-electron chi connectivity index (χ3n) is 7.14. The molecule has 234 valence electrons. The normalized spacial score (nSPS) is 13.5. The van der Waals surface area contributed by atoms with Crippen LogP contribution in [0.25, 0.3) is 10.8 Å². The van der Waals surface area contributed by atoms with E-state index in [1.54, 1.807) is 43.3 Å². The minimum Gasteiger partial charge on any atom is -0.490 e. The molecule has 14 heteroatoms. The van der Waals surface area contributed by atoms with Crippen LogP contribution in [0.5, 0.6) is 5.75 Å². The molecule has 1 heterocycles. The number of anilines is 1. The number of hydrogen-bond donors (Lipinski definition) is 3. The number of likely N-dealkylation sites (tertiary alicyclic amines) is 1. The Morgan fingerprint density at radius 3 is 2.21 bits per heavy atom. The van der Waals surface area contributed by atoms with E-state index in [2.05, 4.69) is 4.74 Å². The average Bonchev–Trinajstić information content (AvgIpc) is 2.96. The van der Waals surface area contributed by atoms with Crippen molar-refractivity contribution in [2.75, 3.05) is 38.1 Å². The highest BCUT2D eigenvalue weighted by atomic mass is 35.5. The van der Waals surface area contributed by atoms with Gasteiger partial charge in [0.1, 0.15) is 24.2 Å². The van der Waals surface area contributed by atoms with Crippen molar-refractivity contribution in [2.45, 2.75) is 32.4 Å². The molecule has 43 heavy (non-hydrogen) atoms. The molecule has 1 saturated heterocycles. The number of likely N-dealkylation sites (N-methyl/N-ethyl adjacent to an activating group) is 1. The van der Waals surface area contributed by atoms with Crippen molar-refractivity contribution in [3.63, 3.8) is 0 Å². The monoisotopic (exact) mass is 652 g/mol. The van der Waals surface area contributed by atoms with E-state index in [1.165, 1.54) is 18.5 Å². The highest BCUT2D eigenvalue weighted by Gasteiger charge is 2.30. The second-order valence-electron chi connectivity index (χ2n) is 10.0. The van der Waals surface area contributed by atoms with Crippen molar-refractivity contribution >= 4 is 69.1 Å². The zero-order valence-electron chi connectivity index (χ0n) is 24.3. The molecule has 0 radical (unpaired) electrons. The molecule has 0 spiro atoms. The van der Waals surface area contributed by atoms with Gasteiger partial charge in [0.25, 0.3) is 0 Å². The summed E-state index contributed by atoms with van der Waals surface area (Å²) in [6, 6.07) is 17.9. The Labute approximate surface area is 264 Å². The van der Waals surface area contributed by atoms with Gasteiger partial charge in [-0.3, -0.25) is 19.9 Å².